The number of hydrogen-bond donors (Lipinski definition) is 2. The highest BCUT2D eigenvalue weighted by atomic mass is 19.1. The van der Waals surface area contributed by atoms with Crippen molar-refractivity contribution < 1.29 is 13.9 Å². The topological polar surface area (TPSA) is 53.6 Å². The fourth-order valence-electron chi connectivity index (χ4n) is 4.50. The van der Waals surface area contributed by atoms with Crippen LogP contribution in [0.25, 0.3) is 0 Å². The van der Waals surface area contributed by atoms with E-state index in [2.05, 4.69) is 10.9 Å². The number of ether oxygens (including phenoxy) is 1. The summed E-state index contributed by atoms with van der Waals surface area (Å²) < 4.78 is 19.5. The van der Waals surface area contributed by atoms with Gasteiger partial charge in [-0.05, 0) is 49.1 Å². The molecule has 2 N–H and O–H groups in total. The minimum Gasteiger partial charge on any atom is -0.493 e. The van der Waals surface area contributed by atoms with Crippen molar-refractivity contribution in [1.29, 1.82) is 0 Å². The van der Waals surface area contributed by atoms with E-state index in [1.165, 1.54) is 6.07 Å². The number of benzene rings is 2. The number of amides is 1. The summed E-state index contributed by atoms with van der Waals surface area (Å²) >= 11 is 0. The molecule has 2 aromatic rings. The van der Waals surface area contributed by atoms with Gasteiger partial charge in [0.15, 0.2) is 0 Å². The molecule has 0 radical (unpaired) electrons. The van der Waals surface area contributed by atoms with E-state index in [1.807, 2.05) is 41.3 Å². The molecule has 0 saturated carbocycles. The summed E-state index contributed by atoms with van der Waals surface area (Å²) in [4.78, 5) is 15.0. The van der Waals surface area contributed by atoms with Crippen LogP contribution >= 0.6 is 0 Å². The Bertz CT molecular complexity index is 817. The minimum absolute atomic E-state index is 0.0658. The Morgan fingerprint density at radius 1 is 1.14 bits per heavy atom. The van der Waals surface area contributed by atoms with E-state index >= 15 is 0 Å². The number of hydrogen-bond acceptors (Lipinski definition) is 4. The van der Waals surface area contributed by atoms with Crippen molar-refractivity contribution in [2.75, 3.05) is 19.7 Å². The number of para-hydroxylation sites is 1. The van der Waals surface area contributed by atoms with Gasteiger partial charge >= 0.3 is 0 Å². The first-order valence-electron chi connectivity index (χ1n) is 10.4. The maximum atomic E-state index is 13.8. The minimum atomic E-state index is -0.220. The average Bonchev–Trinajstić information content (AvgIpc) is 3.24. The third-order valence-electron chi connectivity index (χ3n) is 5.91. The number of halogens is 1. The summed E-state index contributed by atoms with van der Waals surface area (Å²) in [6.45, 7) is 1.86. The van der Waals surface area contributed by atoms with E-state index in [-0.39, 0.29) is 29.7 Å². The molecule has 4 rings (SSSR count). The highest BCUT2D eigenvalue weighted by Crippen LogP contribution is 2.31. The molecular formula is C23H28FN3O2. The van der Waals surface area contributed by atoms with Gasteiger partial charge in [0.05, 0.1) is 13.0 Å². The number of carbonyl (C=O) groups excluding carboxylic acids is 1. The number of piperidine rings is 1. The third kappa shape index (κ3) is 4.77. The van der Waals surface area contributed by atoms with Crippen LogP contribution in [-0.4, -0.2) is 42.6 Å². The zero-order valence-corrected chi connectivity index (χ0v) is 16.5. The molecule has 2 aliphatic rings. The summed E-state index contributed by atoms with van der Waals surface area (Å²) in [5.41, 5.74) is 7.56. The van der Waals surface area contributed by atoms with Gasteiger partial charge in [-0.25, -0.2) is 4.39 Å². The van der Waals surface area contributed by atoms with Crippen molar-refractivity contribution in [2.24, 2.45) is 0 Å². The molecule has 2 aliphatic heterocycles. The van der Waals surface area contributed by atoms with Gasteiger partial charge in [0, 0.05) is 31.1 Å². The quantitative estimate of drug-likeness (QED) is 0.786. The maximum Gasteiger partial charge on any atom is 0.226 e. The second-order valence-corrected chi connectivity index (χ2v) is 7.77. The smallest absolute Gasteiger partial charge is 0.226 e. The second-order valence-electron chi connectivity index (χ2n) is 7.77. The van der Waals surface area contributed by atoms with Crippen molar-refractivity contribution in [3.63, 3.8) is 0 Å². The predicted molar refractivity (Wildman–Crippen MR) is 110 cm³/mol. The fraction of sp³-hybridized carbons (Fsp3) is 0.435. The van der Waals surface area contributed by atoms with Crippen LogP contribution in [0.5, 0.6) is 5.75 Å². The molecule has 1 amide bonds. The number of hydrazine groups is 1. The van der Waals surface area contributed by atoms with E-state index < -0.39 is 0 Å². The molecule has 29 heavy (non-hydrogen) atoms. The van der Waals surface area contributed by atoms with Crippen LogP contribution in [-0.2, 0) is 4.79 Å². The average molecular weight is 397 g/mol. The van der Waals surface area contributed by atoms with Gasteiger partial charge in [-0.3, -0.25) is 15.6 Å². The van der Waals surface area contributed by atoms with Crippen LogP contribution in [0.2, 0.25) is 0 Å². The SMILES string of the molecule is O=C(CCOc1ccccc1)N1CCCCC1C1NNCC1c1cccc(F)c1. The summed E-state index contributed by atoms with van der Waals surface area (Å²) in [6, 6.07) is 16.5. The summed E-state index contributed by atoms with van der Waals surface area (Å²) in [7, 11) is 0. The molecule has 0 aliphatic carbocycles. The summed E-state index contributed by atoms with van der Waals surface area (Å²) in [6.07, 6.45) is 3.43. The van der Waals surface area contributed by atoms with E-state index in [1.54, 1.807) is 12.1 Å². The molecule has 154 valence electrons. The van der Waals surface area contributed by atoms with Gasteiger partial charge in [0.1, 0.15) is 11.6 Å². The molecular weight excluding hydrogens is 369 g/mol. The lowest BCUT2D eigenvalue weighted by atomic mass is 9.84. The monoisotopic (exact) mass is 397 g/mol. The Morgan fingerprint density at radius 3 is 2.83 bits per heavy atom. The second kappa shape index (κ2) is 9.37. The van der Waals surface area contributed by atoms with Crippen LogP contribution in [0.15, 0.2) is 54.6 Å². The van der Waals surface area contributed by atoms with E-state index in [0.717, 1.165) is 43.7 Å². The van der Waals surface area contributed by atoms with Gasteiger partial charge in [0.25, 0.3) is 0 Å². The zero-order valence-electron chi connectivity index (χ0n) is 16.5. The molecule has 6 heteroatoms. The molecule has 0 aromatic heterocycles. The van der Waals surface area contributed by atoms with Crippen molar-refractivity contribution >= 4 is 5.91 Å². The molecule has 3 unspecified atom stereocenters. The summed E-state index contributed by atoms with van der Waals surface area (Å²) in [5.74, 6) is 0.813. The van der Waals surface area contributed by atoms with Crippen molar-refractivity contribution in [3.05, 3.63) is 66.0 Å². The van der Waals surface area contributed by atoms with Crippen LogP contribution < -0.4 is 15.6 Å². The van der Waals surface area contributed by atoms with E-state index in [4.69, 9.17) is 4.74 Å². The Hall–Kier alpha value is -2.44. The van der Waals surface area contributed by atoms with E-state index in [9.17, 15) is 9.18 Å². The van der Waals surface area contributed by atoms with Gasteiger partial charge < -0.3 is 9.64 Å². The normalized spacial score (nSPS) is 24.4. The van der Waals surface area contributed by atoms with Crippen molar-refractivity contribution in [2.45, 2.75) is 43.7 Å². The lowest BCUT2D eigenvalue weighted by molar-refractivity contribution is -0.136. The predicted octanol–water partition coefficient (Wildman–Crippen LogP) is 3.24. The molecule has 5 nitrogen and oxygen atoms in total. The lowest BCUT2D eigenvalue weighted by Gasteiger charge is -2.41. The van der Waals surface area contributed by atoms with Crippen molar-refractivity contribution in [1.82, 2.24) is 15.8 Å². The molecule has 3 atom stereocenters. The first-order chi connectivity index (χ1) is 14.2. The van der Waals surface area contributed by atoms with Crippen LogP contribution in [0.1, 0.15) is 37.2 Å². The Balaban J connectivity index is 1.41. The first kappa shape index (κ1) is 19.9. The number of rotatable bonds is 6. The maximum absolute atomic E-state index is 13.8. The van der Waals surface area contributed by atoms with Crippen LogP contribution in [0, 0.1) is 5.82 Å². The largest absolute Gasteiger partial charge is 0.493 e. The molecule has 2 saturated heterocycles. The Kier molecular flexibility index (Phi) is 6.42. The van der Waals surface area contributed by atoms with Gasteiger partial charge in [0.2, 0.25) is 5.91 Å². The molecule has 0 spiro atoms. The van der Waals surface area contributed by atoms with E-state index in [0.29, 0.717) is 13.0 Å². The lowest BCUT2D eigenvalue weighted by Crippen LogP contribution is -2.55. The van der Waals surface area contributed by atoms with Crippen LogP contribution in [0.4, 0.5) is 4.39 Å². The number of nitrogens with one attached hydrogen (secondary N) is 2. The van der Waals surface area contributed by atoms with Gasteiger partial charge in [-0.15, -0.1) is 0 Å². The van der Waals surface area contributed by atoms with Crippen LogP contribution in [0.3, 0.4) is 0 Å². The highest BCUT2D eigenvalue weighted by molar-refractivity contribution is 5.77. The molecule has 2 aromatic carbocycles. The number of carbonyl (C=O) groups is 1. The van der Waals surface area contributed by atoms with Gasteiger partial charge in [-0.1, -0.05) is 30.3 Å². The molecule has 2 fully saturated rings. The fourth-order valence-corrected chi connectivity index (χ4v) is 4.50. The summed E-state index contributed by atoms with van der Waals surface area (Å²) in [5, 5.41) is 0. The third-order valence-corrected chi connectivity index (χ3v) is 5.91. The molecule has 2 heterocycles. The van der Waals surface area contributed by atoms with Crippen molar-refractivity contribution in [3.8, 4) is 5.75 Å². The first-order valence-corrected chi connectivity index (χ1v) is 10.4. The molecule has 0 bridgehead atoms. The Morgan fingerprint density at radius 2 is 2.00 bits per heavy atom. The Labute approximate surface area is 171 Å². The number of likely N-dealkylation sites (tertiary alicyclic amines) is 1. The number of nitrogens with zero attached hydrogens (tertiary/aromatic N) is 1. The zero-order chi connectivity index (χ0) is 20.1. The highest BCUT2D eigenvalue weighted by Gasteiger charge is 2.40. The van der Waals surface area contributed by atoms with Gasteiger partial charge in [-0.2, -0.15) is 0 Å². The standard InChI is InChI=1S/C23H28FN3O2/c24-18-8-6-7-17(15-18)20-16-25-26-23(20)21-11-4-5-13-27(21)22(28)12-14-29-19-9-2-1-3-10-19/h1-3,6-10,15,20-21,23,25-26H,4-5,11-14,16H2.